The van der Waals surface area contributed by atoms with Gasteiger partial charge in [-0.2, -0.15) is 0 Å². The minimum absolute atomic E-state index is 0.559. The maximum Gasteiger partial charge on any atom is 0.0462 e. The average molecular weight is 230 g/mol. The average Bonchev–Trinajstić information content (AvgIpc) is 2.60. The van der Waals surface area contributed by atoms with Crippen LogP contribution in [0.4, 0.5) is 0 Å². The molecule has 92 valence electrons. The number of aromatic amines is 1. The molecule has 0 radical (unpaired) electrons. The van der Waals surface area contributed by atoms with Gasteiger partial charge in [0.1, 0.15) is 0 Å². The minimum Gasteiger partial charge on any atom is -0.361 e. The van der Waals surface area contributed by atoms with Crippen molar-refractivity contribution < 1.29 is 0 Å². The van der Waals surface area contributed by atoms with Gasteiger partial charge in [-0.3, -0.25) is 0 Å². The van der Waals surface area contributed by atoms with E-state index in [-0.39, 0.29) is 0 Å². The van der Waals surface area contributed by atoms with Crippen molar-refractivity contribution in [3.63, 3.8) is 0 Å². The van der Waals surface area contributed by atoms with Crippen molar-refractivity contribution in [1.82, 2.24) is 10.3 Å². The Morgan fingerprint density at radius 1 is 1.24 bits per heavy atom. The molecule has 1 heterocycles. The SMILES string of the molecule is Cc1cc(C)c2c(CCNC(C)C)c[nH]c2c1. The van der Waals surface area contributed by atoms with Crippen molar-refractivity contribution in [1.29, 1.82) is 0 Å². The molecule has 1 aromatic carbocycles. The molecule has 0 spiro atoms. The van der Waals surface area contributed by atoms with Crippen molar-refractivity contribution in [2.45, 2.75) is 40.2 Å². The fourth-order valence-electron chi connectivity index (χ4n) is 2.44. The van der Waals surface area contributed by atoms with Gasteiger partial charge < -0.3 is 10.3 Å². The first-order valence-corrected chi connectivity index (χ1v) is 6.38. The van der Waals surface area contributed by atoms with Gasteiger partial charge in [0.25, 0.3) is 0 Å². The largest absolute Gasteiger partial charge is 0.361 e. The summed E-state index contributed by atoms with van der Waals surface area (Å²) in [5, 5.41) is 4.87. The maximum atomic E-state index is 3.47. The lowest BCUT2D eigenvalue weighted by molar-refractivity contribution is 0.591. The Balaban J connectivity index is 2.24. The van der Waals surface area contributed by atoms with E-state index in [1.807, 2.05) is 0 Å². The second-order valence-corrected chi connectivity index (χ2v) is 5.18. The fourth-order valence-corrected chi connectivity index (χ4v) is 2.44. The van der Waals surface area contributed by atoms with Crippen LogP contribution in [-0.4, -0.2) is 17.6 Å². The van der Waals surface area contributed by atoms with Crippen molar-refractivity contribution in [3.05, 3.63) is 35.0 Å². The van der Waals surface area contributed by atoms with Gasteiger partial charge in [-0.15, -0.1) is 0 Å². The highest BCUT2D eigenvalue weighted by Crippen LogP contribution is 2.24. The minimum atomic E-state index is 0.559. The molecule has 0 saturated carbocycles. The summed E-state index contributed by atoms with van der Waals surface area (Å²) in [5.41, 5.74) is 5.39. The molecule has 0 saturated heterocycles. The van der Waals surface area contributed by atoms with Crippen molar-refractivity contribution in [3.8, 4) is 0 Å². The zero-order valence-corrected chi connectivity index (χ0v) is 11.2. The van der Waals surface area contributed by atoms with E-state index in [0.717, 1.165) is 13.0 Å². The highest BCUT2D eigenvalue weighted by molar-refractivity contribution is 5.87. The topological polar surface area (TPSA) is 27.8 Å². The molecule has 0 aliphatic carbocycles. The molecular weight excluding hydrogens is 208 g/mol. The highest BCUT2D eigenvalue weighted by atomic mass is 14.9. The molecule has 0 unspecified atom stereocenters. The first kappa shape index (κ1) is 12.2. The molecule has 0 bridgehead atoms. The van der Waals surface area contributed by atoms with Gasteiger partial charge in [0.2, 0.25) is 0 Å². The van der Waals surface area contributed by atoms with Gasteiger partial charge >= 0.3 is 0 Å². The molecule has 1 aromatic heterocycles. The smallest absolute Gasteiger partial charge is 0.0462 e. The molecule has 2 rings (SSSR count). The lowest BCUT2D eigenvalue weighted by atomic mass is 10.0. The summed E-state index contributed by atoms with van der Waals surface area (Å²) in [6, 6.07) is 5.04. The van der Waals surface area contributed by atoms with E-state index in [1.165, 1.54) is 27.6 Å². The van der Waals surface area contributed by atoms with E-state index in [1.54, 1.807) is 0 Å². The van der Waals surface area contributed by atoms with Gasteiger partial charge in [0.05, 0.1) is 0 Å². The first-order valence-electron chi connectivity index (χ1n) is 6.38. The number of aromatic nitrogens is 1. The molecule has 2 N–H and O–H groups in total. The first-order chi connectivity index (χ1) is 8.08. The van der Waals surface area contributed by atoms with Crippen LogP contribution in [0, 0.1) is 13.8 Å². The van der Waals surface area contributed by atoms with Gasteiger partial charge in [-0.1, -0.05) is 19.9 Å². The molecule has 2 heteroatoms. The molecule has 17 heavy (non-hydrogen) atoms. The Morgan fingerprint density at radius 2 is 2.00 bits per heavy atom. The second-order valence-electron chi connectivity index (χ2n) is 5.18. The summed E-state index contributed by atoms with van der Waals surface area (Å²) in [6.45, 7) is 9.75. The standard InChI is InChI=1S/C15H22N2/c1-10(2)16-6-5-13-9-17-14-8-11(3)7-12(4)15(13)14/h7-10,16-17H,5-6H2,1-4H3. The van der Waals surface area contributed by atoms with Crippen LogP contribution in [0.5, 0.6) is 0 Å². The van der Waals surface area contributed by atoms with E-state index in [2.05, 4.69) is 56.3 Å². The van der Waals surface area contributed by atoms with Gasteiger partial charge in [0.15, 0.2) is 0 Å². The number of hydrogen-bond donors (Lipinski definition) is 2. The molecule has 0 amide bonds. The molecule has 0 aliphatic heterocycles. The van der Waals surface area contributed by atoms with E-state index in [0.29, 0.717) is 6.04 Å². The van der Waals surface area contributed by atoms with Gasteiger partial charge in [-0.05, 0) is 49.6 Å². The van der Waals surface area contributed by atoms with Crippen molar-refractivity contribution in [2.75, 3.05) is 6.54 Å². The van der Waals surface area contributed by atoms with Crippen LogP contribution in [0.25, 0.3) is 10.9 Å². The highest BCUT2D eigenvalue weighted by Gasteiger charge is 2.07. The van der Waals surface area contributed by atoms with Crippen LogP contribution in [0.3, 0.4) is 0 Å². The summed E-state index contributed by atoms with van der Waals surface area (Å²) in [6.07, 6.45) is 3.24. The molecule has 0 aliphatic rings. The van der Waals surface area contributed by atoms with Crippen LogP contribution in [0.1, 0.15) is 30.5 Å². The predicted octanol–water partition coefficient (Wildman–Crippen LogP) is 3.33. The summed E-state index contributed by atoms with van der Waals surface area (Å²) >= 11 is 0. The zero-order chi connectivity index (χ0) is 12.4. The molecular formula is C15H22N2. The number of fused-ring (bicyclic) bond motifs is 1. The fraction of sp³-hybridized carbons (Fsp3) is 0.467. The van der Waals surface area contributed by atoms with Gasteiger partial charge in [-0.25, -0.2) is 0 Å². The molecule has 2 nitrogen and oxygen atoms in total. The number of benzene rings is 1. The number of H-pyrrole nitrogens is 1. The van der Waals surface area contributed by atoms with Gasteiger partial charge in [0, 0.05) is 23.1 Å². The Hall–Kier alpha value is -1.28. The van der Waals surface area contributed by atoms with E-state index in [9.17, 15) is 0 Å². The Bertz CT molecular complexity index is 509. The summed E-state index contributed by atoms with van der Waals surface area (Å²) < 4.78 is 0. The van der Waals surface area contributed by atoms with E-state index >= 15 is 0 Å². The molecule has 2 aromatic rings. The Morgan fingerprint density at radius 3 is 2.71 bits per heavy atom. The van der Waals surface area contributed by atoms with Crippen molar-refractivity contribution >= 4 is 10.9 Å². The third-order valence-corrected chi connectivity index (χ3v) is 3.15. The predicted molar refractivity (Wildman–Crippen MR) is 74.6 cm³/mol. The van der Waals surface area contributed by atoms with Crippen LogP contribution >= 0.6 is 0 Å². The lowest BCUT2D eigenvalue weighted by Crippen LogP contribution is -2.24. The Kier molecular flexibility index (Phi) is 3.53. The maximum absolute atomic E-state index is 3.47. The van der Waals surface area contributed by atoms with E-state index < -0.39 is 0 Å². The van der Waals surface area contributed by atoms with Crippen molar-refractivity contribution in [2.24, 2.45) is 0 Å². The number of hydrogen-bond acceptors (Lipinski definition) is 1. The molecule has 0 fully saturated rings. The Labute approximate surface area is 103 Å². The van der Waals surface area contributed by atoms with Crippen LogP contribution in [0.15, 0.2) is 18.3 Å². The summed E-state index contributed by atoms with van der Waals surface area (Å²) in [7, 11) is 0. The third kappa shape index (κ3) is 2.70. The normalized spacial score (nSPS) is 11.6. The molecule has 0 atom stereocenters. The number of aryl methyl sites for hydroxylation is 2. The van der Waals surface area contributed by atoms with E-state index in [4.69, 9.17) is 0 Å². The summed E-state index contributed by atoms with van der Waals surface area (Å²) in [4.78, 5) is 3.38. The zero-order valence-electron chi connectivity index (χ0n) is 11.2. The quantitative estimate of drug-likeness (QED) is 0.828. The van der Waals surface area contributed by atoms with Crippen LogP contribution < -0.4 is 5.32 Å². The number of rotatable bonds is 4. The third-order valence-electron chi connectivity index (χ3n) is 3.15. The second kappa shape index (κ2) is 4.92. The number of nitrogens with one attached hydrogen (secondary N) is 2. The lowest BCUT2D eigenvalue weighted by Gasteiger charge is -2.08. The van der Waals surface area contributed by atoms with Crippen LogP contribution in [-0.2, 0) is 6.42 Å². The monoisotopic (exact) mass is 230 g/mol. The summed E-state index contributed by atoms with van der Waals surface area (Å²) in [5.74, 6) is 0. The van der Waals surface area contributed by atoms with Crippen LogP contribution in [0.2, 0.25) is 0 Å².